The van der Waals surface area contributed by atoms with Crippen molar-refractivity contribution in [3.8, 4) is 23.2 Å². The summed E-state index contributed by atoms with van der Waals surface area (Å²) in [6.45, 7) is 5.71. The number of nitriles is 1. The molecule has 1 fully saturated rings. The summed E-state index contributed by atoms with van der Waals surface area (Å²) in [5.41, 5.74) is 1.32. The molecule has 8 nitrogen and oxygen atoms in total. The Hall–Kier alpha value is -3.74. The number of aromatic nitrogens is 2. The van der Waals surface area contributed by atoms with E-state index in [1.54, 1.807) is 36.7 Å². The van der Waals surface area contributed by atoms with Gasteiger partial charge >= 0.3 is 0 Å². The van der Waals surface area contributed by atoms with Crippen LogP contribution in [0, 0.1) is 17.1 Å². The summed E-state index contributed by atoms with van der Waals surface area (Å²) < 4.78 is 21.2. The molecule has 1 aromatic carbocycles. The zero-order valence-electron chi connectivity index (χ0n) is 22.3. The van der Waals surface area contributed by atoms with Gasteiger partial charge in [-0.1, -0.05) is 11.6 Å². The molecule has 4 rings (SSSR count). The number of hydrogen-bond donors (Lipinski definition) is 2. The van der Waals surface area contributed by atoms with Crippen molar-refractivity contribution in [2.24, 2.45) is 0 Å². The first-order chi connectivity index (χ1) is 18.8. The lowest BCUT2D eigenvalue weighted by atomic mass is 9.72. The Morgan fingerprint density at radius 3 is 2.72 bits per heavy atom. The van der Waals surface area contributed by atoms with Crippen molar-refractivity contribution in [1.29, 1.82) is 5.26 Å². The van der Waals surface area contributed by atoms with Gasteiger partial charge in [0, 0.05) is 43.1 Å². The van der Waals surface area contributed by atoms with Crippen molar-refractivity contribution < 1.29 is 13.9 Å². The molecule has 1 atom stereocenters. The normalized spacial score (nSPS) is 15.3. The summed E-state index contributed by atoms with van der Waals surface area (Å²) in [5.74, 6) is -0.423. The fourth-order valence-corrected chi connectivity index (χ4v) is 5.26. The maximum atomic E-state index is 15.7. The smallest absolute Gasteiger partial charge is 0.231 e. The number of piperidine rings is 1. The van der Waals surface area contributed by atoms with Gasteiger partial charge in [-0.15, -0.1) is 0 Å². The lowest BCUT2D eigenvalue weighted by molar-refractivity contribution is -0.128. The largest absolute Gasteiger partial charge is 0.477 e. The van der Waals surface area contributed by atoms with Crippen molar-refractivity contribution in [2.75, 3.05) is 38.2 Å². The van der Waals surface area contributed by atoms with E-state index < -0.39 is 11.2 Å². The standard InChI is InChI=1S/C29H32ClFN6O2/c1-4-39-27-23(6-5-11-34-27)26-24(31)15-21(18-35-26)29(28(38)36-19(2)17-33-3)9-12-37(13-10-29)25-8-7-22(30)14-20(25)16-32/h5-8,11,14-15,18-19,33H,4,9-10,12-13,17H2,1-3H3,(H,36,38)/t19-/m0/s1. The third-order valence-electron chi connectivity index (χ3n) is 7.06. The van der Waals surface area contributed by atoms with Gasteiger partial charge in [-0.25, -0.2) is 9.37 Å². The van der Waals surface area contributed by atoms with E-state index in [1.807, 2.05) is 27.0 Å². The molecule has 2 N–H and O–H groups in total. The zero-order valence-corrected chi connectivity index (χ0v) is 23.1. The van der Waals surface area contributed by atoms with Crippen LogP contribution in [0.1, 0.15) is 37.8 Å². The molecule has 0 unspecified atom stereocenters. The Bertz CT molecular complexity index is 1370. The second kappa shape index (κ2) is 12.4. The molecule has 1 saturated heterocycles. The van der Waals surface area contributed by atoms with Crippen LogP contribution in [0.3, 0.4) is 0 Å². The van der Waals surface area contributed by atoms with Crippen molar-refractivity contribution in [2.45, 2.75) is 38.1 Å². The van der Waals surface area contributed by atoms with Gasteiger partial charge in [0.25, 0.3) is 0 Å². The number of rotatable bonds is 9. The third-order valence-corrected chi connectivity index (χ3v) is 7.30. The minimum absolute atomic E-state index is 0.117. The van der Waals surface area contributed by atoms with Crippen molar-refractivity contribution >= 4 is 23.2 Å². The van der Waals surface area contributed by atoms with Crippen molar-refractivity contribution in [1.82, 2.24) is 20.6 Å². The summed E-state index contributed by atoms with van der Waals surface area (Å²) in [7, 11) is 1.82. The molecule has 1 amide bonds. The topological polar surface area (TPSA) is 103 Å². The van der Waals surface area contributed by atoms with E-state index in [0.29, 0.717) is 66.7 Å². The van der Waals surface area contributed by atoms with E-state index in [-0.39, 0.29) is 17.6 Å². The number of halogens is 2. The average molecular weight is 551 g/mol. The number of carbonyl (C=O) groups is 1. The van der Waals surface area contributed by atoms with Crippen molar-refractivity contribution in [3.63, 3.8) is 0 Å². The second-order valence-corrected chi connectivity index (χ2v) is 10.1. The van der Waals surface area contributed by atoms with E-state index in [4.69, 9.17) is 16.3 Å². The number of amides is 1. The van der Waals surface area contributed by atoms with Gasteiger partial charge in [-0.05, 0) is 75.7 Å². The maximum absolute atomic E-state index is 15.7. The number of nitrogens with one attached hydrogen (secondary N) is 2. The van der Waals surface area contributed by atoms with Gasteiger partial charge in [-0.3, -0.25) is 9.78 Å². The molecule has 0 bridgehead atoms. The van der Waals surface area contributed by atoms with E-state index in [1.165, 1.54) is 6.07 Å². The molecule has 0 saturated carbocycles. The first-order valence-corrected chi connectivity index (χ1v) is 13.3. The third kappa shape index (κ3) is 5.97. The van der Waals surface area contributed by atoms with Gasteiger partial charge in [0.1, 0.15) is 17.6 Å². The molecule has 1 aliphatic rings. The summed E-state index contributed by atoms with van der Waals surface area (Å²) >= 11 is 6.09. The highest BCUT2D eigenvalue weighted by atomic mass is 35.5. The second-order valence-electron chi connectivity index (χ2n) is 9.62. The van der Waals surface area contributed by atoms with E-state index in [0.717, 1.165) is 5.69 Å². The number of carbonyl (C=O) groups excluding carboxylic acids is 1. The van der Waals surface area contributed by atoms with E-state index >= 15 is 4.39 Å². The Balaban J connectivity index is 1.69. The molecule has 0 aliphatic carbocycles. The molecular formula is C29H32ClFN6O2. The Morgan fingerprint density at radius 2 is 2.05 bits per heavy atom. The minimum Gasteiger partial charge on any atom is -0.477 e. The highest BCUT2D eigenvalue weighted by molar-refractivity contribution is 6.30. The first kappa shape index (κ1) is 28.3. The van der Waals surface area contributed by atoms with E-state index in [9.17, 15) is 10.1 Å². The SMILES string of the molecule is CCOc1ncccc1-c1ncc(C2(C(=O)N[C@@H](C)CNC)CCN(c3ccc(Cl)cc3C#N)CC2)cc1F. The number of anilines is 1. The van der Waals surface area contributed by atoms with Gasteiger partial charge in [-0.2, -0.15) is 5.26 Å². The molecule has 0 radical (unpaired) electrons. The van der Waals surface area contributed by atoms with Gasteiger partial charge in [0.05, 0.1) is 28.8 Å². The molecule has 3 aromatic rings. The van der Waals surface area contributed by atoms with Crippen LogP contribution in [0.2, 0.25) is 5.02 Å². The summed E-state index contributed by atoms with van der Waals surface area (Å²) in [4.78, 5) is 24.6. The lowest BCUT2D eigenvalue weighted by Gasteiger charge is -2.42. The average Bonchev–Trinajstić information content (AvgIpc) is 2.93. The number of pyridine rings is 2. The Labute approximate surface area is 233 Å². The van der Waals surface area contributed by atoms with Crippen molar-refractivity contribution in [3.05, 3.63) is 70.8 Å². The van der Waals surface area contributed by atoms with Crippen LogP contribution in [0.5, 0.6) is 5.88 Å². The number of ether oxygens (including phenoxy) is 1. The van der Waals surface area contributed by atoms with Gasteiger partial charge < -0.3 is 20.3 Å². The van der Waals surface area contributed by atoms with Gasteiger partial charge in [0.15, 0.2) is 0 Å². The monoisotopic (exact) mass is 550 g/mol. The van der Waals surface area contributed by atoms with Gasteiger partial charge in [0.2, 0.25) is 11.8 Å². The molecule has 204 valence electrons. The number of benzene rings is 1. The fourth-order valence-electron chi connectivity index (χ4n) is 5.09. The molecule has 2 aromatic heterocycles. The number of nitrogens with zero attached hydrogens (tertiary/aromatic N) is 4. The maximum Gasteiger partial charge on any atom is 0.231 e. The molecular weight excluding hydrogens is 519 g/mol. The lowest BCUT2D eigenvalue weighted by Crippen LogP contribution is -2.54. The quantitative estimate of drug-likeness (QED) is 0.405. The van der Waals surface area contributed by atoms with Crippen LogP contribution in [0.15, 0.2) is 48.8 Å². The van der Waals surface area contributed by atoms with Crippen LogP contribution in [-0.4, -0.2) is 55.2 Å². The first-order valence-electron chi connectivity index (χ1n) is 13.0. The fraction of sp³-hybridized carbons (Fsp3) is 0.379. The Kier molecular flexibility index (Phi) is 9.00. The molecule has 39 heavy (non-hydrogen) atoms. The molecule has 10 heteroatoms. The van der Waals surface area contributed by atoms with Crippen LogP contribution in [0.4, 0.5) is 10.1 Å². The zero-order chi connectivity index (χ0) is 28.0. The summed E-state index contributed by atoms with van der Waals surface area (Å²) in [6, 6.07) is 12.1. The predicted octanol–water partition coefficient (Wildman–Crippen LogP) is 4.47. The summed E-state index contributed by atoms with van der Waals surface area (Å²) in [5, 5.41) is 16.3. The number of hydrogen-bond acceptors (Lipinski definition) is 7. The minimum atomic E-state index is -0.998. The van der Waals surface area contributed by atoms with Crippen LogP contribution >= 0.6 is 11.6 Å². The Morgan fingerprint density at radius 1 is 1.28 bits per heavy atom. The highest BCUT2D eigenvalue weighted by Gasteiger charge is 2.44. The predicted molar refractivity (Wildman–Crippen MR) is 149 cm³/mol. The van der Waals surface area contributed by atoms with Crippen LogP contribution in [-0.2, 0) is 10.2 Å². The summed E-state index contributed by atoms with van der Waals surface area (Å²) in [6.07, 6.45) is 3.99. The van der Waals surface area contributed by atoms with E-state index in [2.05, 4.69) is 31.6 Å². The molecule has 3 heterocycles. The molecule has 0 spiro atoms. The van der Waals surface area contributed by atoms with Crippen LogP contribution < -0.4 is 20.3 Å². The van der Waals surface area contributed by atoms with Crippen LogP contribution in [0.25, 0.3) is 11.3 Å². The highest BCUT2D eigenvalue weighted by Crippen LogP contribution is 2.40. The molecule has 1 aliphatic heterocycles. The number of likely N-dealkylation sites (N-methyl/N-ethyl adjacent to an activating group) is 1.